The number of nitrogens with one attached hydrogen (secondary N) is 1. The molecule has 0 amide bonds. The van der Waals surface area contributed by atoms with Gasteiger partial charge in [-0.05, 0) is 116 Å². The van der Waals surface area contributed by atoms with E-state index in [1.807, 2.05) is 36.7 Å². The molecule has 1 heteroatoms. The summed E-state index contributed by atoms with van der Waals surface area (Å²) in [6, 6.07) is 0. The highest BCUT2D eigenvalue weighted by atomic mass is 14.8. The Labute approximate surface area is 212 Å². The van der Waals surface area contributed by atoms with Gasteiger partial charge >= 0.3 is 0 Å². The van der Waals surface area contributed by atoms with Crippen molar-refractivity contribution in [2.45, 2.75) is 118 Å². The van der Waals surface area contributed by atoms with E-state index in [-0.39, 0.29) is 0 Å². The van der Waals surface area contributed by atoms with Crippen LogP contribution < -0.4 is 5.32 Å². The number of fused-ring (bicyclic) bond motifs is 5. The monoisotopic (exact) mass is 465 g/mol. The molecule has 4 fully saturated rings. The predicted octanol–water partition coefficient (Wildman–Crippen LogP) is 9.67. The summed E-state index contributed by atoms with van der Waals surface area (Å²) in [6.45, 7) is 12.9. The van der Waals surface area contributed by atoms with Crippen LogP contribution in [0.25, 0.3) is 0 Å². The molecule has 1 aliphatic heterocycles. The molecule has 0 spiro atoms. The van der Waals surface area contributed by atoms with Crippen molar-refractivity contribution in [1.29, 1.82) is 0 Å². The molecule has 4 saturated carbocycles. The van der Waals surface area contributed by atoms with Crippen LogP contribution in [0.5, 0.6) is 0 Å². The van der Waals surface area contributed by atoms with Crippen molar-refractivity contribution in [2.75, 3.05) is 0 Å². The maximum absolute atomic E-state index is 2.92. The molecule has 1 heterocycles. The molecule has 1 nitrogen and oxygen atoms in total. The second-order valence-electron chi connectivity index (χ2n) is 13.7. The molecular formula is C33H55N. The first-order valence-corrected chi connectivity index (χ1v) is 15.1. The second kappa shape index (κ2) is 11.4. The maximum atomic E-state index is 2.92. The first-order chi connectivity index (χ1) is 16.4. The smallest absolute Gasteiger partial charge is 0.000442 e. The summed E-state index contributed by atoms with van der Waals surface area (Å²) in [4.78, 5) is 0. The maximum Gasteiger partial charge on any atom is 0.000442 e. The fourth-order valence-electron chi connectivity index (χ4n) is 9.73. The number of hydrogen-bond donors (Lipinski definition) is 1. The van der Waals surface area contributed by atoms with Gasteiger partial charge in [0.05, 0.1) is 0 Å². The molecule has 0 saturated heterocycles. The van der Waals surface area contributed by atoms with Crippen molar-refractivity contribution in [3.8, 4) is 0 Å². The van der Waals surface area contributed by atoms with Gasteiger partial charge in [0.25, 0.3) is 0 Å². The summed E-state index contributed by atoms with van der Waals surface area (Å²) in [5.74, 6) is 7.15. The molecule has 2 unspecified atom stereocenters. The van der Waals surface area contributed by atoms with E-state index in [1.165, 1.54) is 32.1 Å². The summed E-state index contributed by atoms with van der Waals surface area (Å²) in [5.41, 5.74) is 1.39. The average Bonchev–Trinajstić information content (AvgIpc) is 2.97. The molecule has 0 bridgehead atoms. The van der Waals surface area contributed by atoms with Gasteiger partial charge in [-0.2, -0.15) is 0 Å². The minimum absolute atomic E-state index is 0.677. The molecule has 8 atom stereocenters. The van der Waals surface area contributed by atoms with Crippen molar-refractivity contribution < 1.29 is 0 Å². The number of hydrogen-bond acceptors (Lipinski definition) is 1. The highest BCUT2D eigenvalue weighted by Crippen LogP contribution is 2.68. The normalized spacial score (nSPS) is 41.4. The van der Waals surface area contributed by atoms with Crippen LogP contribution in [0, 0.1) is 52.3 Å². The van der Waals surface area contributed by atoms with Gasteiger partial charge in [-0.15, -0.1) is 0 Å². The summed E-state index contributed by atoms with van der Waals surface area (Å²) in [5, 5.41) is 2.92. The van der Waals surface area contributed by atoms with Crippen LogP contribution in [-0.2, 0) is 0 Å². The van der Waals surface area contributed by atoms with E-state index in [1.54, 1.807) is 51.4 Å². The number of allylic oxidation sites excluding steroid dienone is 4. The third-order valence-electron chi connectivity index (χ3n) is 11.5. The molecule has 5 rings (SSSR count). The zero-order valence-corrected chi connectivity index (χ0v) is 23.2. The Morgan fingerprint density at radius 2 is 1.47 bits per heavy atom. The molecule has 192 valence electrons. The van der Waals surface area contributed by atoms with E-state index in [0.717, 1.165) is 41.4 Å². The lowest BCUT2D eigenvalue weighted by Gasteiger charge is -2.61. The molecule has 5 aliphatic rings. The summed E-state index contributed by atoms with van der Waals surface area (Å²) >= 11 is 0. The van der Waals surface area contributed by atoms with E-state index < -0.39 is 0 Å². The third kappa shape index (κ3) is 5.39. The Hall–Kier alpha value is -0.980. The summed E-state index contributed by atoms with van der Waals surface area (Å²) in [7, 11) is 0. The van der Waals surface area contributed by atoms with E-state index in [4.69, 9.17) is 0 Å². The molecular weight excluding hydrogens is 410 g/mol. The molecule has 0 aromatic rings. The highest BCUT2D eigenvalue weighted by Gasteiger charge is 2.59. The van der Waals surface area contributed by atoms with Crippen LogP contribution in [0.3, 0.4) is 0 Å². The molecule has 4 aliphatic carbocycles. The van der Waals surface area contributed by atoms with Crippen molar-refractivity contribution in [3.63, 3.8) is 0 Å². The van der Waals surface area contributed by atoms with Crippen LogP contribution in [0.2, 0.25) is 0 Å². The summed E-state index contributed by atoms with van der Waals surface area (Å²) in [6.07, 6.45) is 31.5. The Morgan fingerprint density at radius 3 is 2.21 bits per heavy atom. The molecule has 34 heavy (non-hydrogen) atoms. The van der Waals surface area contributed by atoms with Gasteiger partial charge in [0, 0.05) is 12.4 Å². The van der Waals surface area contributed by atoms with Gasteiger partial charge < -0.3 is 5.32 Å². The molecule has 0 radical (unpaired) electrons. The molecule has 0 aromatic heterocycles. The Kier molecular flexibility index (Phi) is 8.74. The minimum Gasteiger partial charge on any atom is -0.368 e. The fraction of sp³-hybridized carbons (Fsp3) is 0.818. The molecule has 0 aromatic carbocycles. The van der Waals surface area contributed by atoms with Gasteiger partial charge in [-0.1, -0.05) is 78.9 Å². The van der Waals surface area contributed by atoms with E-state index in [2.05, 4.69) is 39.9 Å². The standard InChI is InChI=1S/C27H48.C6H7N/c1-19(2)9-8-10-20(3)23-14-15-24-22-13-12-21-11-6-7-17-26(21,4)25(22)16-18-27(23,24)5;1-2-4-6-7-5-3-1/h19-25H,6-18H2,1-5H3;1-7H/t20?,21?,22-,23+,24-,25-,26-,27+;/m0./s1. The zero-order chi connectivity index (χ0) is 24.2. The molecule has 1 N–H and O–H groups in total. The predicted molar refractivity (Wildman–Crippen MR) is 148 cm³/mol. The lowest BCUT2D eigenvalue weighted by Crippen LogP contribution is -2.53. The quantitative estimate of drug-likeness (QED) is 0.426. The zero-order valence-electron chi connectivity index (χ0n) is 23.2. The van der Waals surface area contributed by atoms with Gasteiger partial charge in [0.15, 0.2) is 0 Å². The van der Waals surface area contributed by atoms with Crippen LogP contribution in [0.15, 0.2) is 36.7 Å². The third-order valence-corrected chi connectivity index (χ3v) is 11.5. The van der Waals surface area contributed by atoms with Crippen LogP contribution in [0.4, 0.5) is 0 Å². The van der Waals surface area contributed by atoms with Gasteiger partial charge in [0.1, 0.15) is 0 Å². The highest BCUT2D eigenvalue weighted by molar-refractivity contribution is 5.14. The lowest BCUT2D eigenvalue weighted by atomic mass is 9.44. The Morgan fingerprint density at radius 1 is 0.735 bits per heavy atom. The van der Waals surface area contributed by atoms with Crippen molar-refractivity contribution in [3.05, 3.63) is 36.7 Å². The second-order valence-corrected chi connectivity index (χ2v) is 13.7. The minimum atomic E-state index is 0.677. The largest absolute Gasteiger partial charge is 0.368 e. The van der Waals surface area contributed by atoms with Crippen molar-refractivity contribution >= 4 is 0 Å². The van der Waals surface area contributed by atoms with Crippen molar-refractivity contribution in [2.24, 2.45) is 52.3 Å². The SMILES string of the molecule is C1=CC=CNC=C1.CC(C)CCCC(C)[C@H]1CC[C@H]2[C@@H]3CCC4CCCC[C@]4(C)[C@H]3CC[C@]12C. The number of rotatable bonds is 5. The van der Waals surface area contributed by atoms with Crippen LogP contribution >= 0.6 is 0 Å². The first-order valence-electron chi connectivity index (χ1n) is 15.1. The summed E-state index contributed by atoms with van der Waals surface area (Å²) < 4.78 is 0. The van der Waals surface area contributed by atoms with Gasteiger partial charge in [0.2, 0.25) is 0 Å². The van der Waals surface area contributed by atoms with E-state index in [0.29, 0.717) is 10.8 Å². The lowest BCUT2D eigenvalue weighted by molar-refractivity contribution is -0.114. The van der Waals surface area contributed by atoms with Gasteiger partial charge in [-0.25, -0.2) is 0 Å². The van der Waals surface area contributed by atoms with Crippen LogP contribution in [0.1, 0.15) is 118 Å². The topological polar surface area (TPSA) is 12.0 Å². The fourth-order valence-corrected chi connectivity index (χ4v) is 9.73. The first kappa shape index (κ1) is 26.1. The average molecular weight is 466 g/mol. The van der Waals surface area contributed by atoms with E-state index >= 15 is 0 Å². The van der Waals surface area contributed by atoms with Crippen LogP contribution in [-0.4, -0.2) is 0 Å². The van der Waals surface area contributed by atoms with E-state index in [9.17, 15) is 0 Å². The van der Waals surface area contributed by atoms with Crippen molar-refractivity contribution in [1.82, 2.24) is 5.32 Å². The Bertz CT molecular complexity index is 717. The van der Waals surface area contributed by atoms with Gasteiger partial charge in [-0.3, -0.25) is 0 Å². The Balaban J connectivity index is 0.000000336.